The molecule has 1 aliphatic rings. The molecule has 1 aromatic rings. The lowest BCUT2D eigenvalue weighted by Gasteiger charge is -2.41. The van der Waals surface area contributed by atoms with Crippen molar-refractivity contribution in [3.63, 3.8) is 0 Å². The molecule has 6 nitrogen and oxygen atoms in total. The van der Waals surface area contributed by atoms with Gasteiger partial charge in [0.25, 0.3) is 5.69 Å². The third-order valence-corrected chi connectivity index (χ3v) is 4.40. The molecule has 1 saturated heterocycles. The molecule has 0 spiro atoms. The number of nitro benzene ring substituents is 1. The van der Waals surface area contributed by atoms with Crippen molar-refractivity contribution in [2.75, 3.05) is 44.8 Å². The van der Waals surface area contributed by atoms with Gasteiger partial charge in [-0.3, -0.25) is 15.0 Å². The molecule has 0 radical (unpaired) electrons. The molecule has 0 saturated carbocycles. The molecule has 2 rings (SSSR count). The van der Waals surface area contributed by atoms with E-state index in [0.717, 1.165) is 44.0 Å². The molecule has 122 valence electrons. The van der Waals surface area contributed by atoms with E-state index in [0.29, 0.717) is 11.1 Å². The zero-order valence-electron chi connectivity index (χ0n) is 13.2. The van der Waals surface area contributed by atoms with Crippen molar-refractivity contribution in [1.82, 2.24) is 4.90 Å². The molecule has 0 amide bonds. The molecule has 22 heavy (non-hydrogen) atoms. The Morgan fingerprint density at radius 1 is 1.45 bits per heavy atom. The Bertz CT molecular complexity index is 530. The number of non-ortho nitro benzene ring substituents is 1. The topological polar surface area (TPSA) is 58.8 Å². The van der Waals surface area contributed by atoms with Crippen LogP contribution in [-0.2, 0) is 4.74 Å². The molecule has 0 N–H and O–H groups in total. The average molecular weight is 328 g/mol. The number of benzene rings is 1. The molecule has 1 unspecified atom stereocenters. The maximum Gasteiger partial charge on any atom is 0.271 e. The van der Waals surface area contributed by atoms with Crippen molar-refractivity contribution in [2.45, 2.75) is 19.9 Å². The van der Waals surface area contributed by atoms with Crippen LogP contribution in [0.3, 0.4) is 0 Å². The first-order valence-electron chi connectivity index (χ1n) is 7.36. The SMILES string of the molecule is COCCN1CCN(c2c(C)cc([N+](=O)[O-])cc2Cl)CC1C. The minimum atomic E-state index is -0.409. The third kappa shape index (κ3) is 3.69. The maximum absolute atomic E-state index is 10.9. The Kier molecular flexibility index (Phi) is 5.61. The highest BCUT2D eigenvalue weighted by atomic mass is 35.5. The van der Waals surface area contributed by atoms with E-state index in [1.165, 1.54) is 6.07 Å². The Labute approximate surface area is 135 Å². The van der Waals surface area contributed by atoms with Gasteiger partial charge in [0.2, 0.25) is 0 Å². The molecular formula is C15H22ClN3O3. The number of halogens is 1. The minimum absolute atomic E-state index is 0.0398. The highest BCUT2D eigenvalue weighted by Gasteiger charge is 2.26. The van der Waals surface area contributed by atoms with E-state index in [2.05, 4.69) is 16.7 Å². The van der Waals surface area contributed by atoms with Gasteiger partial charge in [-0.1, -0.05) is 11.6 Å². The van der Waals surface area contributed by atoms with E-state index in [1.807, 2.05) is 6.92 Å². The zero-order valence-corrected chi connectivity index (χ0v) is 14.0. The average Bonchev–Trinajstić information content (AvgIpc) is 2.45. The second-order valence-electron chi connectivity index (χ2n) is 5.67. The number of nitro groups is 1. The number of rotatable bonds is 5. The van der Waals surface area contributed by atoms with Gasteiger partial charge in [0, 0.05) is 51.5 Å². The number of nitrogens with zero attached hydrogens (tertiary/aromatic N) is 3. The Balaban J connectivity index is 2.15. The summed E-state index contributed by atoms with van der Waals surface area (Å²) in [6, 6.07) is 3.41. The van der Waals surface area contributed by atoms with Crippen LogP contribution in [0, 0.1) is 17.0 Å². The van der Waals surface area contributed by atoms with Crippen molar-refractivity contribution >= 4 is 23.0 Å². The van der Waals surface area contributed by atoms with Gasteiger partial charge in [-0.05, 0) is 19.4 Å². The summed E-state index contributed by atoms with van der Waals surface area (Å²) in [5, 5.41) is 11.4. The van der Waals surface area contributed by atoms with E-state index in [4.69, 9.17) is 16.3 Å². The Hall–Kier alpha value is -1.37. The van der Waals surface area contributed by atoms with E-state index in [1.54, 1.807) is 13.2 Å². The van der Waals surface area contributed by atoms with Crippen LogP contribution in [0.25, 0.3) is 0 Å². The van der Waals surface area contributed by atoms with Gasteiger partial charge in [0.1, 0.15) is 0 Å². The first-order chi connectivity index (χ1) is 10.4. The van der Waals surface area contributed by atoms with Crippen LogP contribution in [0.2, 0.25) is 5.02 Å². The largest absolute Gasteiger partial charge is 0.383 e. The van der Waals surface area contributed by atoms with Crippen LogP contribution in [0.4, 0.5) is 11.4 Å². The second-order valence-corrected chi connectivity index (χ2v) is 6.08. The number of piperazine rings is 1. The maximum atomic E-state index is 10.9. The first-order valence-corrected chi connectivity index (χ1v) is 7.74. The summed E-state index contributed by atoms with van der Waals surface area (Å²) >= 11 is 6.30. The highest BCUT2D eigenvalue weighted by molar-refractivity contribution is 6.33. The number of hydrogen-bond donors (Lipinski definition) is 0. The van der Waals surface area contributed by atoms with Crippen molar-refractivity contribution < 1.29 is 9.66 Å². The van der Waals surface area contributed by atoms with Gasteiger partial charge >= 0.3 is 0 Å². The molecule has 1 aliphatic heterocycles. The summed E-state index contributed by atoms with van der Waals surface area (Å²) in [5.41, 5.74) is 1.79. The van der Waals surface area contributed by atoms with Crippen molar-refractivity contribution in [3.8, 4) is 0 Å². The predicted octanol–water partition coefficient (Wildman–Crippen LogP) is 2.71. The molecule has 0 aliphatic carbocycles. The van der Waals surface area contributed by atoms with Gasteiger partial charge in [-0.15, -0.1) is 0 Å². The molecule has 1 fully saturated rings. The van der Waals surface area contributed by atoms with Crippen LogP contribution in [-0.4, -0.2) is 55.8 Å². The Morgan fingerprint density at radius 3 is 2.73 bits per heavy atom. The number of methoxy groups -OCH3 is 1. The third-order valence-electron chi connectivity index (χ3n) is 4.11. The quantitative estimate of drug-likeness (QED) is 0.614. The normalized spacial score (nSPS) is 19.5. The summed E-state index contributed by atoms with van der Waals surface area (Å²) in [6.45, 7) is 8.32. The molecule has 1 aromatic carbocycles. The number of hydrogen-bond acceptors (Lipinski definition) is 5. The lowest BCUT2D eigenvalue weighted by atomic mass is 10.1. The molecule has 7 heteroatoms. The van der Waals surface area contributed by atoms with E-state index >= 15 is 0 Å². The van der Waals surface area contributed by atoms with Crippen LogP contribution < -0.4 is 4.90 Å². The van der Waals surface area contributed by atoms with Gasteiger partial charge in [0.05, 0.1) is 22.2 Å². The fourth-order valence-corrected chi connectivity index (χ4v) is 3.34. The fraction of sp³-hybridized carbons (Fsp3) is 0.600. The van der Waals surface area contributed by atoms with E-state index in [9.17, 15) is 10.1 Å². The van der Waals surface area contributed by atoms with Crippen molar-refractivity contribution in [1.29, 1.82) is 0 Å². The molecule has 0 bridgehead atoms. The second kappa shape index (κ2) is 7.26. The molecule has 1 atom stereocenters. The van der Waals surface area contributed by atoms with Crippen LogP contribution in [0.15, 0.2) is 12.1 Å². The fourth-order valence-electron chi connectivity index (χ4n) is 2.96. The van der Waals surface area contributed by atoms with Gasteiger partial charge in [0.15, 0.2) is 0 Å². The first kappa shape index (κ1) is 17.0. The highest BCUT2D eigenvalue weighted by Crippen LogP contribution is 2.34. The molecular weight excluding hydrogens is 306 g/mol. The Morgan fingerprint density at radius 2 is 2.18 bits per heavy atom. The summed E-state index contributed by atoms with van der Waals surface area (Å²) in [6.07, 6.45) is 0. The van der Waals surface area contributed by atoms with Crippen LogP contribution in [0.5, 0.6) is 0 Å². The van der Waals surface area contributed by atoms with E-state index in [-0.39, 0.29) is 5.69 Å². The van der Waals surface area contributed by atoms with Crippen molar-refractivity contribution in [3.05, 3.63) is 32.8 Å². The van der Waals surface area contributed by atoms with Gasteiger partial charge in [-0.25, -0.2) is 0 Å². The number of ether oxygens (including phenoxy) is 1. The zero-order chi connectivity index (χ0) is 16.3. The van der Waals surface area contributed by atoms with Crippen molar-refractivity contribution in [2.24, 2.45) is 0 Å². The summed E-state index contributed by atoms with van der Waals surface area (Å²) < 4.78 is 5.14. The molecule has 0 aromatic heterocycles. The lowest BCUT2D eigenvalue weighted by molar-refractivity contribution is -0.384. The summed E-state index contributed by atoms with van der Waals surface area (Å²) in [7, 11) is 1.71. The lowest BCUT2D eigenvalue weighted by Crippen LogP contribution is -2.53. The monoisotopic (exact) mass is 327 g/mol. The standard InChI is InChI=1S/C15H22ClN3O3/c1-11-8-13(19(20)21)9-14(16)15(11)18-5-4-17(6-7-22-3)12(2)10-18/h8-9,12H,4-7,10H2,1-3H3. The van der Waals surface area contributed by atoms with E-state index < -0.39 is 4.92 Å². The smallest absolute Gasteiger partial charge is 0.271 e. The van der Waals surface area contributed by atoms with Crippen LogP contribution in [0.1, 0.15) is 12.5 Å². The predicted molar refractivity (Wildman–Crippen MR) is 88.0 cm³/mol. The number of aryl methyl sites for hydroxylation is 1. The van der Waals surface area contributed by atoms with Gasteiger partial charge in [-0.2, -0.15) is 0 Å². The molecule has 1 heterocycles. The summed E-state index contributed by atoms with van der Waals surface area (Å²) in [5.74, 6) is 0. The number of anilines is 1. The summed E-state index contributed by atoms with van der Waals surface area (Å²) in [4.78, 5) is 15.1. The van der Waals surface area contributed by atoms with Gasteiger partial charge < -0.3 is 9.64 Å². The minimum Gasteiger partial charge on any atom is -0.383 e. The van der Waals surface area contributed by atoms with Crippen LogP contribution >= 0.6 is 11.6 Å².